The molecule has 0 radical (unpaired) electrons. The van der Waals surface area contributed by atoms with E-state index in [1.807, 2.05) is 11.8 Å². The van der Waals surface area contributed by atoms with Gasteiger partial charge < -0.3 is 28.9 Å². The molecule has 280 valence electrons. The first-order valence-electron chi connectivity index (χ1n) is 16.9. The number of fused-ring (bicyclic) bond motifs is 5. The molecule has 2 aromatic heterocycles. The molecule has 0 spiro atoms. The van der Waals surface area contributed by atoms with E-state index in [9.17, 15) is 14.4 Å². The number of ether oxygens (including phenoxy) is 3. The van der Waals surface area contributed by atoms with E-state index in [4.69, 9.17) is 25.8 Å². The summed E-state index contributed by atoms with van der Waals surface area (Å²) in [6, 6.07) is 0.904. The number of nitrogens with one attached hydrogen (secondary N) is 1. The average molecular weight is 773 g/mol. The highest BCUT2D eigenvalue weighted by Crippen LogP contribution is 2.53. The lowest BCUT2D eigenvalue weighted by Gasteiger charge is -2.53. The molecule has 1 N–H and O–H groups in total. The van der Waals surface area contributed by atoms with Crippen LogP contribution < -0.4 is 19.9 Å². The molecule has 0 saturated carbocycles. The number of rotatable bonds is 2. The zero-order chi connectivity index (χ0) is 38.5. The van der Waals surface area contributed by atoms with Gasteiger partial charge in [0.1, 0.15) is 51.8 Å². The van der Waals surface area contributed by atoms with Crippen molar-refractivity contribution < 1.29 is 41.8 Å². The Labute approximate surface area is 311 Å². The number of anilines is 3. The quantitative estimate of drug-likeness (QED) is 0.200. The molecule has 53 heavy (non-hydrogen) atoms. The van der Waals surface area contributed by atoms with Crippen molar-refractivity contribution >= 4 is 78.7 Å². The van der Waals surface area contributed by atoms with E-state index in [-0.39, 0.29) is 62.5 Å². The monoisotopic (exact) mass is 772 g/mol. The topological polar surface area (TPSA) is 126 Å². The number of aromatic nitrogens is 2. The third-order valence-electron chi connectivity index (χ3n) is 8.91. The maximum atomic E-state index is 17.1. The Morgan fingerprint density at radius 2 is 1.66 bits per heavy atom. The van der Waals surface area contributed by atoms with Crippen LogP contribution in [-0.2, 0) is 14.3 Å². The molecule has 1 saturated heterocycles. The fourth-order valence-corrected chi connectivity index (χ4v) is 8.10. The number of hydrogen-bond donors (Lipinski definition) is 1. The van der Waals surface area contributed by atoms with Crippen molar-refractivity contribution in [3.8, 4) is 17.0 Å². The molecular formula is C36H36ClF3N6O6S. The molecule has 2 amide bonds. The Kier molecular flexibility index (Phi) is 8.74. The molecule has 12 nitrogen and oxygen atoms in total. The minimum absolute atomic E-state index is 0.0223. The molecule has 0 unspecified atom stereocenters. The number of thiazole rings is 1. The van der Waals surface area contributed by atoms with Gasteiger partial charge in [0, 0.05) is 35.2 Å². The molecule has 17 heteroatoms. The average Bonchev–Trinajstić information content (AvgIpc) is 3.44. The van der Waals surface area contributed by atoms with Crippen molar-refractivity contribution in [2.24, 2.45) is 0 Å². The minimum Gasteiger partial charge on any atom is -0.471 e. The summed E-state index contributed by atoms with van der Waals surface area (Å²) in [5, 5.41) is 2.31. The Balaban J connectivity index is 1.41. The second-order valence-corrected chi connectivity index (χ2v) is 16.7. The first-order valence-corrected chi connectivity index (χ1v) is 18.1. The number of carbonyl (C=O) groups is 2. The summed E-state index contributed by atoms with van der Waals surface area (Å²) in [6.45, 7) is 14.4. The lowest BCUT2D eigenvalue weighted by Crippen LogP contribution is -2.64. The van der Waals surface area contributed by atoms with Gasteiger partial charge in [-0.3, -0.25) is 5.32 Å². The highest BCUT2D eigenvalue weighted by molar-refractivity contribution is 7.22. The van der Waals surface area contributed by atoms with Gasteiger partial charge in [-0.05, 0) is 61.5 Å². The number of pyridine rings is 1. The smallest absolute Gasteiger partial charge is 0.413 e. The number of benzene rings is 2. The Bertz CT molecular complexity index is 2280. The lowest BCUT2D eigenvalue weighted by molar-refractivity contribution is 0.0133. The van der Waals surface area contributed by atoms with Crippen LogP contribution in [0.15, 0.2) is 17.8 Å². The Hall–Kier alpha value is -4.79. The van der Waals surface area contributed by atoms with Crippen molar-refractivity contribution in [2.45, 2.75) is 84.8 Å². The van der Waals surface area contributed by atoms with Gasteiger partial charge in [0.05, 0.1) is 40.1 Å². The summed E-state index contributed by atoms with van der Waals surface area (Å²) in [5.41, 5.74) is -1.88. The second-order valence-electron chi connectivity index (χ2n) is 15.3. The fraction of sp³-hybridized carbons (Fsp3) is 0.444. The molecule has 0 aliphatic carbocycles. The van der Waals surface area contributed by atoms with E-state index in [0.29, 0.717) is 28.8 Å². The summed E-state index contributed by atoms with van der Waals surface area (Å²) in [7, 11) is 0. The number of halogens is 4. The highest BCUT2D eigenvalue weighted by atomic mass is 35.5. The van der Waals surface area contributed by atoms with Crippen LogP contribution in [0.5, 0.6) is 5.88 Å². The number of piperazine rings is 1. The zero-order valence-corrected chi connectivity index (χ0v) is 31.7. The van der Waals surface area contributed by atoms with Crippen molar-refractivity contribution in [1.29, 1.82) is 0 Å². The summed E-state index contributed by atoms with van der Waals surface area (Å²) in [6.07, 6.45) is -1.92. The predicted molar refractivity (Wildman–Crippen MR) is 195 cm³/mol. The third kappa shape index (κ3) is 6.36. The summed E-state index contributed by atoms with van der Waals surface area (Å²) < 4.78 is 65.1. The Morgan fingerprint density at radius 3 is 2.32 bits per heavy atom. The van der Waals surface area contributed by atoms with Crippen molar-refractivity contribution in [3.05, 3.63) is 40.3 Å². The van der Waals surface area contributed by atoms with Crippen molar-refractivity contribution in [1.82, 2.24) is 14.9 Å². The van der Waals surface area contributed by atoms with Crippen LogP contribution in [0.3, 0.4) is 0 Å². The maximum absolute atomic E-state index is 17.1. The summed E-state index contributed by atoms with van der Waals surface area (Å²) >= 11 is 7.57. The molecule has 1 fully saturated rings. The van der Waals surface area contributed by atoms with E-state index in [1.54, 1.807) is 58.3 Å². The van der Waals surface area contributed by atoms with Crippen LogP contribution in [0.4, 0.5) is 39.3 Å². The molecule has 3 aliphatic heterocycles. The first kappa shape index (κ1) is 36.6. The molecular weight excluding hydrogens is 737 g/mol. The largest absolute Gasteiger partial charge is 0.471 e. The minimum atomic E-state index is -1.15. The molecule has 5 heterocycles. The summed E-state index contributed by atoms with van der Waals surface area (Å²) in [4.78, 5) is 52.4. The van der Waals surface area contributed by atoms with Crippen LogP contribution >= 0.6 is 22.9 Å². The number of hydrogen-bond acceptors (Lipinski definition) is 11. The Morgan fingerprint density at radius 1 is 0.962 bits per heavy atom. The number of carbonyl (C=O) groups excluding carboxylic acids is 3. The van der Waals surface area contributed by atoms with Crippen molar-refractivity contribution in [3.63, 3.8) is 0 Å². The third-order valence-corrected chi connectivity index (χ3v) is 10.2. The maximum Gasteiger partial charge on any atom is 0.413 e. The van der Waals surface area contributed by atoms with Crippen molar-refractivity contribution in [2.75, 3.05) is 34.8 Å². The van der Waals surface area contributed by atoms with E-state index < -0.39 is 70.2 Å². The fourth-order valence-electron chi connectivity index (χ4n) is 6.95. The number of nitrogens with zero attached hydrogens (tertiary/aromatic N) is 5. The van der Waals surface area contributed by atoms with E-state index in [0.717, 1.165) is 0 Å². The van der Waals surface area contributed by atoms with Crippen LogP contribution in [0.25, 0.3) is 32.2 Å². The van der Waals surface area contributed by atoms with Gasteiger partial charge >= 0.3 is 12.2 Å². The van der Waals surface area contributed by atoms with Gasteiger partial charge in [-0.15, -0.1) is 0 Å². The van der Waals surface area contributed by atoms with Gasteiger partial charge in [0.15, 0.2) is 10.9 Å². The molecule has 7 rings (SSSR count). The molecule has 3 aliphatic rings. The SMILES string of the molecule is C[C@@H]1CN2C(=C=O)[C@H]3CN(C(=O)OC(C)(C)C)[C@H](C)CN3c3c2c(nc2c(F)c(-c4c(F)cc(F)c5sc(NC(=O)OC(C)(C)C)nc45)c(Cl)cc32)O1. The molecule has 3 atom stereocenters. The highest BCUT2D eigenvalue weighted by Gasteiger charge is 2.48. The van der Waals surface area contributed by atoms with Crippen LogP contribution in [0.2, 0.25) is 5.02 Å². The zero-order valence-electron chi connectivity index (χ0n) is 30.1. The second kappa shape index (κ2) is 12.7. The lowest BCUT2D eigenvalue weighted by atomic mass is 9.94. The number of amides is 2. The van der Waals surface area contributed by atoms with Gasteiger partial charge in [-0.1, -0.05) is 22.9 Å². The van der Waals surface area contributed by atoms with Gasteiger partial charge in [-0.2, -0.15) is 0 Å². The van der Waals surface area contributed by atoms with Crippen LogP contribution in [0, 0.1) is 17.5 Å². The van der Waals surface area contributed by atoms with E-state index in [1.165, 1.54) is 6.07 Å². The summed E-state index contributed by atoms with van der Waals surface area (Å²) in [5.74, 6) is -1.05. The van der Waals surface area contributed by atoms with Gasteiger partial charge in [0.25, 0.3) is 0 Å². The standard InChI is InChI=1S/C36H36ClF3N6O6S/c1-15-11-45-21(13-44(15)34(49)52-36(6,7)8)22(14-47)46-12-16(2)50-31-29(46)28(45)17-9-18(37)23(25(40)26(17)41-31)24-19(38)10-20(39)30-27(24)42-32(53-30)43-33(48)51-35(3,4)5/h9-10,15-16,21H,11-13H2,1-8H3,(H,42,43,48)/t15-,16-,21-/m1/s1. The van der Waals surface area contributed by atoms with Crippen LogP contribution in [0.1, 0.15) is 55.4 Å². The van der Waals surface area contributed by atoms with Gasteiger partial charge in [0.2, 0.25) is 5.88 Å². The normalized spacial score (nSPS) is 19.8. The van der Waals surface area contributed by atoms with Gasteiger partial charge in [-0.25, -0.2) is 37.5 Å². The molecule has 4 aromatic rings. The van der Waals surface area contributed by atoms with E-state index in [2.05, 4.69) is 21.2 Å². The first-order chi connectivity index (χ1) is 24.8. The van der Waals surface area contributed by atoms with E-state index >= 15 is 13.2 Å². The molecule has 2 aromatic carbocycles. The molecule has 0 bridgehead atoms. The predicted octanol–water partition coefficient (Wildman–Crippen LogP) is 8.06. The van der Waals surface area contributed by atoms with Crippen LogP contribution in [-0.4, -0.2) is 82.0 Å².